The molecule has 0 bridgehead atoms. The minimum atomic E-state index is -3.98. The fraction of sp³-hybridized carbons (Fsp3) is 0.694. The summed E-state index contributed by atoms with van der Waals surface area (Å²) in [6.07, 6.45) is 8.58. The molecule has 7 nitrogen and oxygen atoms in total. The van der Waals surface area contributed by atoms with Gasteiger partial charge in [-0.25, -0.2) is 17.9 Å². The first-order chi connectivity index (χ1) is 20.9. The summed E-state index contributed by atoms with van der Waals surface area (Å²) >= 11 is 0. The Morgan fingerprint density at radius 3 is 2.41 bits per heavy atom. The van der Waals surface area contributed by atoms with Crippen molar-refractivity contribution in [2.45, 2.75) is 103 Å². The maximum atomic E-state index is 12.9. The molecule has 4 aliphatic rings. The average molecular weight is 625 g/mol. The molecule has 0 aromatic heterocycles. The van der Waals surface area contributed by atoms with Crippen molar-refractivity contribution < 1.29 is 23.4 Å². The summed E-state index contributed by atoms with van der Waals surface area (Å²) in [5.41, 5.74) is 0.345. The third-order valence-corrected chi connectivity index (χ3v) is 14.6. The topological polar surface area (TPSA) is 116 Å². The van der Waals surface area contributed by atoms with Crippen LogP contribution < -0.4 is 10.0 Å². The minimum Gasteiger partial charge on any atom is -0.393 e. The van der Waals surface area contributed by atoms with Gasteiger partial charge in [-0.1, -0.05) is 64.4 Å². The first-order valence-corrected chi connectivity index (χ1v) is 18.5. The Labute approximate surface area is 263 Å². The molecule has 11 atom stereocenters. The van der Waals surface area contributed by atoms with E-state index in [2.05, 4.69) is 37.7 Å². The van der Waals surface area contributed by atoms with E-state index in [1.54, 1.807) is 12.1 Å². The number of hydrogen-bond donors (Lipinski definition) is 4. The van der Waals surface area contributed by atoms with Gasteiger partial charge in [-0.05, 0) is 127 Å². The summed E-state index contributed by atoms with van der Waals surface area (Å²) in [5.74, 6) is 2.85. The van der Waals surface area contributed by atoms with Crippen LogP contribution in [-0.4, -0.2) is 43.4 Å². The van der Waals surface area contributed by atoms with Crippen molar-refractivity contribution in [3.8, 4) is 0 Å². The lowest BCUT2D eigenvalue weighted by atomic mass is 9.41. The monoisotopic (exact) mass is 624 g/mol. The van der Waals surface area contributed by atoms with Crippen LogP contribution in [0.5, 0.6) is 0 Å². The molecule has 4 saturated carbocycles. The number of hydrogen-bond acceptors (Lipinski definition) is 5. The number of amides is 2. The van der Waals surface area contributed by atoms with Crippen LogP contribution >= 0.6 is 0 Å². The van der Waals surface area contributed by atoms with Gasteiger partial charge in [-0.3, -0.25) is 0 Å². The van der Waals surface area contributed by atoms with Gasteiger partial charge >= 0.3 is 6.03 Å². The molecule has 0 spiro atoms. The van der Waals surface area contributed by atoms with Crippen molar-refractivity contribution >= 4 is 26.8 Å². The Balaban J connectivity index is 1.08. The maximum Gasteiger partial charge on any atom is 0.328 e. The Bertz CT molecular complexity index is 1480. The van der Waals surface area contributed by atoms with E-state index >= 15 is 0 Å². The molecule has 0 heterocycles. The van der Waals surface area contributed by atoms with E-state index in [-0.39, 0.29) is 33.9 Å². The van der Waals surface area contributed by atoms with Gasteiger partial charge in [0.25, 0.3) is 10.0 Å². The average Bonchev–Trinajstić information content (AvgIpc) is 3.35. The number of benzene rings is 2. The van der Waals surface area contributed by atoms with Crippen LogP contribution in [0.1, 0.15) is 85.5 Å². The van der Waals surface area contributed by atoms with Crippen molar-refractivity contribution in [3.63, 3.8) is 0 Å². The standard InChI is InChI=1S/C36H52N2O5S/c1-5-27-31-21-25(39)14-17-36(31,4)30-15-18-35(3)28(12-13-29(35)32(30)33(27)40)22(2)16-19-37-34(41)38-44(42,43)26-11-10-23-8-6-7-9-24(23)20-26/h6-11,20,22,25,27-33,39-40H,5,12-19,21H2,1-4H3,(H2,37,38,41)/t22-,25-,27-,28?,29+,30+,31?,32?,33-,35?,36?/m1/s1. The van der Waals surface area contributed by atoms with E-state index in [1.165, 1.54) is 12.5 Å². The second-order valence-electron chi connectivity index (χ2n) is 15.3. The van der Waals surface area contributed by atoms with Crippen LogP contribution in [0.3, 0.4) is 0 Å². The second kappa shape index (κ2) is 11.9. The molecular weight excluding hydrogens is 572 g/mol. The highest BCUT2D eigenvalue weighted by atomic mass is 32.2. The fourth-order valence-corrected chi connectivity index (χ4v) is 12.1. The van der Waals surface area contributed by atoms with Crippen LogP contribution in [0.15, 0.2) is 47.4 Å². The van der Waals surface area contributed by atoms with Gasteiger partial charge in [0.05, 0.1) is 17.1 Å². The molecule has 4 N–H and O–H groups in total. The molecule has 242 valence electrons. The molecule has 2 aromatic carbocycles. The van der Waals surface area contributed by atoms with Crippen molar-refractivity contribution in [2.24, 2.45) is 52.3 Å². The highest BCUT2D eigenvalue weighted by Gasteiger charge is 2.64. The first-order valence-electron chi connectivity index (χ1n) is 17.0. The summed E-state index contributed by atoms with van der Waals surface area (Å²) in [5, 5.41) is 27.0. The van der Waals surface area contributed by atoms with E-state index in [4.69, 9.17) is 0 Å². The highest BCUT2D eigenvalue weighted by Crippen LogP contribution is 2.69. The highest BCUT2D eigenvalue weighted by molar-refractivity contribution is 7.90. The number of fused-ring (bicyclic) bond motifs is 6. The lowest BCUT2D eigenvalue weighted by Crippen LogP contribution is -2.62. The predicted molar refractivity (Wildman–Crippen MR) is 173 cm³/mol. The van der Waals surface area contributed by atoms with Crippen molar-refractivity contribution in [2.75, 3.05) is 6.54 Å². The Kier molecular flexibility index (Phi) is 8.59. The summed E-state index contributed by atoms with van der Waals surface area (Å²) in [7, 11) is -3.98. The third-order valence-electron chi connectivity index (χ3n) is 13.3. The van der Waals surface area contributed by atoms with Crippen LogP contribution in [0.2, 0.25) is 0 Å². The molecule has 2 amide bonds. The van der Waals surface area contributed by atoms with Crippen molar-refractivity contribution in [3.05, 3.63) is 42.5 Å². The number of aliphatic hydroxyl groups is 2. The van der Waals surface area contributed by atoms with E-state index in [0.717, 1.165) is 62.1 Å². The molecule has 8 heteroatoms. The second-order valence-corrected chi connectivity index (χ2v) is 16.9. The number of carbonyl (C=O) groups is 1. The normalized spacial score (nSPS) is 39.1. The Hall–Kier alpha value is -2.16. The van der Waals surface area contributed by atoms with Crippen molar-refractivity contribution in [1.82, 2.24) is 10.0 Å². The summed E-state index contributed by atoms with van der Waals surface area (Å²) in [4.78, 5) is 12.7. The number of aliphatic hydroxyl groups excluding tert-OH is 2. The molecule has 4 fully saturated rings. The molecule has 0 saturated heterocycles. The van der Waals surface area contributed by atoms with Gasteiger partial charge < -0.3 is 15.5 Å². The van der Waals surface area contributed by atoms with E-state index in [1.807, 2.05) is 24.3 Å². The van der Waals surface area contributed by atoms with E-state index in [0.29, 0.717) is 42.1 Å². The lowest BCUT2D eigenvalue weighted by Gasteiger charge is -2.64. The number of nitrogens with one attached hydrogen (secondary N) is 2. The van der Waals surface area contributed by atoms with Gasteiger partial charge in [-0.15, -0.1) is 0 Å². The third kappa shape index (κ3) is 5.37. The van der Waals surface area contributed by atoms with Crippen LogP contribution in [0.25, 0.3) is 10.8 Å². The zero-order chi connectivity index (χ0) is 31.4. The van der Waals surface area contributed by atoms with Gasteiger partial charge in [0.1, 0.15) is 0 Å². The van der Waals surface area contributed by atoms with Crippen molar-refractivity contribution in [1.29, 1.82) is 0 Å². The number of rotatable bonds is 7. The number of carbonyl (C=O) groups excluding carboxylic acids is 1. The Morgan fingerprint density at radius 1 is 0.955 bits per heavy atom. The van der Waals surface area contributed by atoms with Gasteiger partial charge in [0.2, 0.25) is 0 Å². The fourth-order valence-electron chi connectivity index (χ4n) is 11.1. The largest absolute Gasteiger partial charge is 0.393 e. The zero-order valence-electron chi connectivity index (χ0n) is 26.8. The lowest BCUT2D eigenvalue weighted by molar-refractivity contribution is -0.203. The molecular formula is C36H52N2O5S. The first kappa shape index (κ1) is 31.8. The molecule has 4 aliphatic carbocycles. The summed E-state index contributed by atoms with van der Waals surface area (Å²) < 4.78 is 28.0. The maximum absolute atomic E-state index is 12.9. The van der Waals surface area contributed by atoms with Crippen LogP contribution in [0.4, 0.5) is 4.79 Å². The van der Waals surface area contributed by atoms with Gasteiger partial charge in [0, 0.05) is 6.54 Å². The van der Waals surface area contributed by atoms with E-state index in [9.17, 15) is 23.4 Å². The molecule has 0 radical (unpaired) electrons. The molecule has 5 unspecified atom stereocenters. The smallest absolute Gasteiger partial charge is 0.328 e. The predicted octanol–water partition coefficient (Wildman–Crippen LogP) is 6.48. The quantitative estimate of drug-likeness (QED) is 0.282. The van der Waals surface area contributed by atoms with Crippen LogP contribution in [-0.2, 0) is 10.0 Å². The zero-order valence-corrected chi connectivity index (χ0v) is 27.7. The Morgan fingerprint density at radius 2 is 1.66 bits per heavy atom. The molecule has 6 rings (SSSR count). The number of urea groups is 1. The van der Waals surface area contributed by atoms with Crippen LogP contribution in [0, 0.1) is 52.3 Å². The van der Waals surface area contributed by atoms with E-state index < -0.39 is 16.1 Å². The minimum absolute atomic E-state index is 0.0695. The molecule has 2 aromatic rings. The summed E-state index contributed by atoms with van der Waals surface area (Å²) in [6.45, 7) is 9.84. The summed E-state index contributed by atoms with van der Waals surface area (Å²) in [6, 6.07) is 11.7. The SMILES string of the molecule is CC[C@@H]1C2C[C@H](O)CCC2(C)[C@H]2CCC3(C)C([C@H](C)CCNC(=O)NS(=O)(=O)c4ccc5ccccc5c4)CC[C@H]3C2[C@@H]1O. The molecule has 44 heavy (non-hydrogen) atoms. The van der Waals surface area contributed by atoms with Gasteiger partial charge in [0.15, 0.2) is 0 Å². The molecule has 0 aliphatic heterocycles. The van der Waals surface area contributed by atoms with Gasteiger partial charge in [-0.2, -0.15) is 0 Å². The number of sulfonamides is 1.